The molecule has 0 saturated carbocycles. The number of benzene rings is 3. The van der Waals surface area contributed by atoms with Crippen LogP contribution in [0.3, 0.4) is 0 Å². The van der Waals surface area contributed by atoms with Gasteiger partial charge in [-0.1, -0.05) is 60.1 Å². The molecule has 1 heterocycles. The Kier molecular flexibility index (Phi) is 6.99. The van der Waals surface area contributed by atoms with Crippen LogP contribution in [0.4, 0.5) is 0 Å². The molecule has 0 radical (unpaired) electrons. The van der Waals surface area contributed by atoms with Gasteiger partial charge in [-0.3, -0.25) is 4.79 Å². The molecule has 1 aliphatic rings. The Bertz CT molecular complexity index is 1180. The smallest absolute Gasteiger partial charge is 0.341 e. The Labute approximate surface area is 198 Å². The van der Waals surface area contributed by atoms with Crippen molar-refractivity contribution in [3.05, 3.63) is 99.6 Å². The first-order valence-electron chi connectivity index (χ1n) is 11.0. The van der Waals surface area contributed by atoms with Crippen LogP contribution < -0.4 is 4.74 Å². The summed E-state index contributed by atoms with van der Waals surface area (Å²) in [7, 11) is 0. The minimum atomic E-state index is -1.06. The van der Waals surface area contributed by atoms with Crippen molar-refractivity contribution in [2.75, 3.05) is 13.2 Å². The normalized spacial score (nSPS) is 15.1. The molecular weight excluding hydrogens is 438 g/mol. The van der Waals surface area contributed by atoms with Gasteiger partial charge in [0.2, 0.25) is 5.91 Å². The molecule has 1 amide bonds. The minimum Gasteiger partial charge on any atom is -0.482 e. The second-order valence-corrected chi connectivity index (χ2v) is 8.67. The van der Waals surface area contributed by atoms with Crippen LogP contribution in [0.5, 0.6) is 5.75 Å². The first-order valence-corrected chi connectivity index (χ1v) is 11.4. The molecular formula is C27H26ClNO4. The third-order valence-corrected chi connectivity index (χ3v) is 6.33. The quantitative estimate of drug-likeness (QED) is 0.521. The summed E-state index contributed by atoms with van der Waals surface area (Å²) >= 11 is 6.34. The molecule has 6 heteroatoms. The largest absolute Gasteiger partial charge is 0.482 e. The van der Waals surface area contributed by atoms with E-state index >= 15 is 0 Å². The Morgan fingerprint density at radius 1 is 1.06 bits per heavy atom. The van der Waals surface area contributed by atoms with E-state index in [1.807, 2.05) is 35.2 Å². The molecule has 0 aliphatic carbocycles. The molecule has 0 spiro atoms. The number of carboxylic acid groups (broad SMARTS) is 1. The number of fused-ring (bicyclic) bond motifs is 1. The Morgan fingerprint density at radius 2 is 1.82 bits per heavy atom. The maximum atomic E-state index is 13.5. The van der Waals surface area contributed by atoms with E-state index in [2.05, 4.69) is 25.1 Å². The highest BCUT2D eigenvalue weighted by Gasteiger charge is 2.33. The third-order valence-electron chi connectivity index (χ3n) is 6.09. The summed E-state index contributed by atoms with van der Waals surface area (Å²) in [5, 5.41) is 9.62. The summed E-state index contributed by atoms with van der Waals surface area (Å²) in [5.74, 6) is -0.603. The lowest BCUT2D eigenvalue weighted by atomic mass is 9.87. The lowest BCUT2D eigenvalue weighted by Crippen LogP contribution is -2.41. The lowest BCUT2D eigenvalue weighted by Gasteiger charge is -2.38. The average molecular weight is 464 g/mol. The number of carboxylic acids is 1. The number of nitrogens with zero attached hydrogens (tertiary/aromatic N) is 1. The van der Waals surface area contributed by atoms with Crippen molar-refractivity contribution >= 4 is 23.5 Å². The number of hydrogen-bond donors (Lipinski definition) is 1. The Balaban J connectivity index is 1.69. The van der Waals surface area contributed by atoms with Gasteiger partial charge in [-0.25, -0.2) is 4.79 Å². The fraction of sp³-hybridized carbons (Fsp3) is 0.259. The topological polar surface area (TPSA) is 66.8 Å². The molecule has 3 aromatic carbocycles. The molecule has 1 N–H and O–H groups in total. The highest BCUT2D eigenvalue weighted by atomic mass is 35.5. The van der Waals surface area contributed by atoms with Gasteiger partial charge in [0.05, 0.1) is 6.04 Å². The maximum Gasteiger partial charge on any atom is 0.341 e. The molecule has 170 valence electrons. The number of ether oxygens (including phenoxy) is 1. The van der Waals surface area contributed by atoms with Crippen LogP contribution in [0.2, 0.25) is 5.02 Å². The van der Waals surface area contributed by atoms with Gasteiger partial charge in [-0.2, -0.15) is 0 Å². The fourth-order valence-corrected chi connectivity index (χ4v) is 4.63. The summed E-state index contributed by atoms with van der Waals surface area (Å²) in [6, 6.07) is 20.8. The van der Waals surface area contributed by atoms with Crippen molar-refractivity contribution in [3.63, 3.8) is 0 Å². The van der Waals surface area contributed by atoms with Gasteiger partial charge in [-0.15, -0.1) is 0 Å². The number of aliphatic carboxylic acids is 1. The monoisotopic (exact) mass is 463 g/mol. The summed E-state index contributed by atoms with van der Waals surface area (Å²) in [5.41, 5.74) is 5.20. The lowest BCUT2D eigenvalue weighted by molar-refractivity contribution is -0.139. The predicted molar refractivity (Wildman–Crippen MR) is 128 cm³/mol. The number of carbonyl (C=O) groups excluding carboxylic acids is 1. The van der Waals surface area contributed by atoms with Crippen molar-refractivity contribution < 1.29 is 19.4 Å². The highest BCUT2D eigenvalue weighted by molar-refractivity contribution is 6.30. The van der Waals surface area contributed by atoms with E-state index in [1.54, 1.807) is 18.2 Å². The second kappa shape index (κ2) is 10.1. The van der Waals surface area contributed by atoms with Crippen LogP contribution in [0.1, 0.15) is 40.3 Å². The van der Waals surface area contributed by atoms with Crippen molar-refractivity contribution in [1.82, 2.24) is 4.90 Å². The average Bonchev–Trinajstić information content (AvgIpc) is 2.81. The van der Waals surface area contributed by atoms with Crippen LogP contribution in [0.25, 0.3) is 0 Å². The van der Waals surface area contributed by atoms with Crippen molar-refractivity contribution in [3.8, 4) is 5.75 Å². The number of amides is 1. The summed E-state index contributed by atoms with van der Waals surface area (Å²) in [6.45, 7) is 2.15. The summed E-state index contributed by atoms with van der Waals surface area (Å²) in [4.78, 5) is 26.5. The van der Waals surface area contributed by atoms with Gasteiger partial charge >= 0.3 is 5.97 Å². The molecule has 1 atom stereocenters. The van der Waals surface area contributed by atoms with Crippen LogP contribution in [0, 0.1) is 6.92 Å². The fourth-order valence-electron chi connectivity index (χ4n) is 4.45. The van der Waals surface area contributed by atoms with Gasteiger partial charge < -0.3 is 14.7 Å². The molecule has 5 nitrogen and oxygen atoms in total. The van der Waals surface area contributed by atoms with E-state index in [4.69, 9.17) is 21.4 Å². The molecule has 0 saturated heterocycles. The first-order chi connectivity index (χ1) is 15.9. The zero-order valence-electron chi connectivity index (χ0n) is 18.5. The van der Waals surface area contributed by atoms with Crippen molar-refractivity contribution in [1.29, 1.82) is 0 Å². The van der Waals surface area contributed by atoms with E-state index in [0.29, 0.717) is 35.7 Å². The number of rotatable bonds is 7. The van der Waals surface area contributed by atoms with Crippen molar-refractivity contribution in [2.24, 2.45) is 0 Å². The maximum absolute atomic E-state index is 13.5. The van der Waals surface area contributed by atoms with E-state index in [0.717, 1.165) is 23.1 Å². The van der Waals surface area contributed by atoms with Gasteiger partial charge in [0.25, 0.3) is 0 Å². The zero-order chi connectivity index (χ0) is 23.4. The van der Waals surface area contributed by atoms with E-state index in [1.165, 1.54) is 5.56 Å². The molecule has 4 rings (SSSR count). The van der Waals surface area contributed by atoms with E-state index < -0.39 is 18.6 Å². The molecule has 1 aliphatic heterocycles. The van der Waals surface area contributed by atoms with Crippen LogP contribution >= 0.6 is 11.6 Å². The number of carbonyl (C=O) groups is 2. The minimum absolute atomic E-state index is 0.0434. The number of halogens is 1. The second-order valence-electron chi connectivity index (χ2n) is 8.23. The standard InChI is InChI=1S/C27H26ClNO4/c1-18-6-2-3-7-19(18)10-13-25(30)29-15-14-20-8-4-5-9-22(20)27(29)23-16-21(28)11-12-24(23)33-17-26(31)32/h2-9,11-12,16,27H,10,13-15,17H2,1H3,(H,31,32). The van der Waals surface area contributed by atoms with Crippen LogP contribution in [-0.2, 0) is 22.4 Å². The zero-order valence-corrected chi connectivity index (χ0v) is 19.2. The molecule has 1 unspecified atom stereocenters. The first kappa shape index (κ1) is 22.9. The SMILES string of the molecule is Cc1ccccc1CCC(=O)N1CCc2ccccc2C1c1cc(Cl)ccc1OCC(=O)O. The van der Waals surface area contributed by atoms with Gasteiger partial charge in [0, 0.05) is 23.6 Å². The molecule has 0 fully saturated rings. The number of hydrogen-bond acceptors (Lipinski definition) is 3. The Hall–Kier alpha value is -3.31. The highest BCUT2D eigenvalue weighted by Crippen LogP contribution is 2.40. The molecule has 33 heavy (non-hydrogen) atoms. The molecule has 0 bridgehead atoms. The Morgan fingerprint density at radius 3 is 2.61 bits per heavy atom. The van der Waals surface area contributed by atoms with Crippen molar-refractivity contribution in [2.45, 2.75) is 32.2 Å². The summed E-state index contributed by atoms with van der Waals surface area (Å²) < 4.78 is 5.60. The summed E-state index contributed by atoms with van der Waals surface area (Å²) in [6.07, 6.45) is 1.80. The van der Waals surface area contributed by atoms with Gasteiger partial charge in [-0.05, 0) is 60.2 Å². The van der Waals surface area contributed by atoms with Gasteiger partial charge in [0.15, 0.2) is 6.61 Å². The predicted octanol–water partition coefficient (Wildman–Crippen LogP) is 5.22. The van der Waals surface area contributed by atoms with Crippen LogP contribution in [-0.4, -0.2) is 35.0 Å². The molecule has 0 aromatic heterocycles. The molecule has 3 aromatic rings. The third kappa shape index (κ3) is 5.20. The number of aryl methyl sites for hydroxylation is 2. The van der Waals surface area contributed by atoms with E-state index in [-0.39, 0.29) is 5.91 Å². The van der Waals surface area contributed by atoms with Gasteiger partial charge in [0.1, 0.15) is 5.75 Å². The van der Waals surface area contributed by atoms with E-state index in [9.17, 15) is 9.59 Å². The van der Waals surface area contributed by atoms with Crippen LogP contribution in [0.15, 0.2) is 66.7 Å².